The summed E-state index contributed by atoms with van der Waals surface area (Å²) >= 11 is 0. The van der Waals surface area contributed by atoms with Gasteiger partial charge in [0, 0.05) is 18.2 Å². The zero-order valence-electron chi connectivity index (χ0n) is 9.88. The highest BCUT2D eigenvalue weighted by Gasteiger charge is 2.29. The van der Waals surface area contributed by atoms with Gasteiger partial charge in [0.25, 0.3) is 0 Å². The van der Waals surface area contributed by atoms with Crippen molar-refractivity contribution in [2.75, 3.05) is 6.79 Å². The highest BCUT2D eigenvalue weighted by Crippen LogP contribution is 2.35. The Morgan fingerprint density at radius 3 is 2.83 bits per heavy atom. The van der Waals surface area contributed by atoms with Crippen molar-refractivity contribution in [3.63, 3.8) is 0 Å². The zero-order chi connectivity index (χ0) is 13.2. The van der Waals surface area contributed by atoms with Gasteiger partial charge in [0.2, 0.25) is 6.79 Å². The molecule has 3 nitrogen and oxygen atoms in total. The summed E-state index contributed by atoms with van der Waals surface area (Å²) in [5.74, 6) is 1.25. The van der Waals surface area contributed by atoms with Crippen LogP contribution in [0.15, 0.2) is 18.2 Å². The van der Waals surface area contributed by atoms with Crippen LogP contribution in [0.2, 0.25) is 0 Å². The summed E-state index contributed by atoms with van der Waals surface area (Å²) in [5, 5.41) is 2.83. The number of nitrogens with one attached hydrogen (secondary N) is 1. The molecule has 0 amide bonds. The van der Waals surface area contributed by atoms with Crippen LogP contribution in [0.4, 0.5) is 13.2 Å². The molecule has 0 saturated carbocycles. The monoisotopic (exact) mass is 261 g/mol. The van der Waals surface area contributed by atoms with E-state index < -0.39 is 18.6 Å². The van der Waals surface area contributed by atoms with Crippen LogP contribution in [0, 0.1) is 0 Å². The molecule has 1 aromatic rings. The minimum Gasteiger partial charge on any atom is -0.454 e. The van der Waals surface area contributed by atoms with Gasteiger partial charge in [-0.15, -0.1) is 0 Å². The fourth-order valence-corrected chi connectivity index (χ4v) is 1.83. The lowest BCUT2D eigenvalue weighted by Crippen LogP contribution is -2.30. The third-order valence-corrected chi connectivity index (χ3v) is 2.66. The molecule has 0 bridgehead atoms. The van der Waals surface area contributed by atoms with E-state index in [1.54, 1.807) is 18.2 Å². The molecule has 2 rings (SSSR count). The molecule has 1 N–H and O–H groups in total. The maximum absolute atomic E-state index is 12.2. The first-order chi connectivity index (χ1) is 8.46. The van der Waals surface area contributed by atoms with Crippen LogP contribution in [0.25, 0.3) is 0 Å². The summed E-state index contributed by atoms with van der Waals surface area (Å²) in [7, 11) is 0. The smallest absolute Gasteiger partial charge is 0.390 e. The fraction of sp³-hybridized carbons (Fsp3) is 0.500. The average molecular weight is 261 g/mol. The molecular formula is C12H14F3NO2. The lowest BCUT2D eigenvalue weighted by atomic mass is 10.1. The van der Waals surface area contributed by atoms with E-state index in [2.05, 4.69) is 5.32 Å². The maximum atomic E-state index is 12.2. The predicted octanol–water partition coefficient (Wildman–Crippen LogP) is 2.85. The third-order valence-electron chi connectivity index (χ3n) is 2.66. The number of alkyl halides is 3. The largest absolute Gasteiger partial charge is 0.454 e. The molecule has 0 aromatic heterocycles. The topological polar surface area (TPSA) is 30.5 Å². The fourth-order valence-electron chi connectivity index (χ4n) is 1.83. The number of benzene rings is 1. The van der Waals surface area contributed by atoms with Gasteiger partial charge in [-0.1, -0.05) is 12.1 Å². The van der Waals surface area contributed by atoms with E-state index in [4.69, 9.17) is 9.47 Å². The van der Waals surface area contributed by atoms with E-state index in [0.29, 0.717) is 18.0 Å². The van der Waals surface area contributed by atoms with Gasteiger partial charge < -0.3 is 14.8 Å². The number of para-hydroxylation sites is 1. The molecule has 1 aliphatic heterocycles. The first-order valence-electron chi connectivity index (χ1n) is 5.63. The average Bonchev–Trinajstić information content (AvgIpc) is 2.72. The minimum atomic E-state index is -4.15. The van der Waals surface area contributed by atoms with Crippen molar-refractivity contribution in [2.45, 2.75) is 32.1 Å². The molecule has 0 spiro atoms. The van der Waals surface area contributed by atoms with Crippen molar-refractivity contribution in [3.05, 3.63) is 23.8 Å². The second-order valence-corrected chi connectivity index (χ2v) is 4.25. The van der Waals surface area contributed by atoms with Crippen LogP contribution >= 0.6 is 0 Å². The van der Waals surface area contributed by atoms with E-state index in [-0.39, 0.29) is 6.79 Å². The summed E-state index contributed by atoms with van der Waals surface area (Å²) < 4.78 is 47.0. The molecule has 0 aliphatic carbocycles. The number of hydrogen-bond donors (Lipinski definition) is 1. The SMILES string of the molecule is CC(CC(F)(F)F)NCc1cccc2c1OCO2. The van der Waals surface area contributed by atoms with Crippen molar-refractivity contribution in [3.8, 4) is 11.5 Å². The summed E-state index contributed by atoms with van der Waals surface area (Å²) in [6.07, 6.45) is -5.00. The summed E-state index contributed by atoms with van der Waals surface area (Å²) in [6.45, 7) is 1.99. The molecule has 0 fully saturated rings. The van der Waals surface area contributed by atoms with Crippen LogP contribution in [-0.4, -0.2) is 19.0 Å². The first kappa shape index (κ1) is 13.0. The van der Waals surface area contributed by atoms with E-state index in [1.807, 2.05) is 0 Å². The van der Waals surface area contributed by atoms with Crippen molar-refractivity contribution in [1.82, 2.24) is 5.32 Å². The van der Waals surface area contributed by atoms with Crippen molar-refractivity contribution < 1.29 is 22.6 Å². The molecule has 100 valence electrons. The van der Waals surface area contributed by atoms with E-state index in [1.165, 1.54) is 6.92 Å². The maximum Gasteiger partial charge on any atom is 0.390 e. The molecule has 1 heterocycles. The summed E-state index contributed by atoms with van der Waals surface area (Å²) in [5.41, 5.74) is 0.805. The third kappa shape index (κ3) is 3.29. The molecule has 1 aromatic carbocycles. The Labute approximate surface area is 103 Å². The Bertz CT molecular complexity index is 420. The van der Waals surface area contributed by atoms with Crippen LogP contribution in [0.3, 0.4) is 0 Å². The van der Waals surface area contributed by atoms with Crippen LogP contribution in [-0.2, 0) is 6.54 Å². The lowest BCUT2D eigenvalue weighted by molar-refractivity contribution is -0.139. The second-order valence-electron chi connectivity index (χ2n) is 4.25. The van der Waals surface area contributed by atoms with Crippen LogP contribution in [0.5, 0.6) is 11.5 Å². The molecule has 1 aliphatic rings. The quantitative estimate of drug-likeness (QED) is 0.904. The van der Waals surface area contributed by atoms with E-state index in [9.17, 15) is 13.2 Å². The van der Waals surface area contributed by atoms with Gasteiger partial charge >= 0.3 is 6.18 Å². The van der Waals surface area contributed by atoms with Gasteiger partial charge in [0.15, 0.2) is 11.5 Å². The molecule has 0 saturated heterocycles. The Morgan fingerprint density at radius 2 is 2.11 bits per heavy atom. The Morgan fingerprint density at radius 1 is 1.33 bits per heavy atom. The second kappa shape index (κ2) is 5.06. The molecule has 6 heteroatoms. The standard InChI is InChI=1S/C12H14F3NO2/c1-8(5-12(13,14)15)16-6-9-3-2-4-10-11(9)18-7-17-10/h2-4,8,16H,5-7H2,1H3. The molecule has 1 unspecified atom stereocenters. The van der Waals surface area contributed by atoms with Gasteiger partial charge in [0.05, 0.1) is 6.42 Å². The van der Waals surface area contributed by atoms with Gasteiger partial charge in [0.1, 0.15) is 0 Å². The molecular weight excluding hydrogens is 247 g/mol. The van der Waals surface area contributed by atoms with Crippen molar-refractivity contribution in [2.24, 2.45) is 0 Å². The summed E-state index contributed by atoms with van der Waals surface area (Å²) in [6, 6.07) is 4.73. The van der Waals surface area contributed by atoms with Crippen LogP contribution in [0.1, 0.15) is 18.9 Å². The van der Waals surface area contributed by atoms with Gasteiger partial charge in [-0.3, -0.25) is 0 Å². The normalized spacial score (nSPS) is 15.8. The Hall–Kier alpha value is -1.43. The number of ether oxygens (including phenoxy) is 2. The Balaban J connectivity index is 1.93. The van der Waals surface area contributed by atoms with Gasteiger partial charge in [-0.2, -0.15) is 13.2 Å². The number of rotatable bonds is 4. The molecule has 0 radical (unpaired) electrons. The van der Waals surface area contributed by atoms with E-state index >= 15 is 0 Å². The van der Waals surface area contributed by atoms with Crippen molar-refractivity contribution >= 4 is 0 Å². The van der Waals surface area contributed by atoms with E-state index in [0.717, 1.165) is 5.56 Å². The summed E-state index contributed by atoms with van der Waals surface area (Å²) in [4.78, 5) is 0. The van der Waals surface area contributed by atoms with Crippen molar-refractivity contribution in [1.29, 1.82) is 0 Å². The number of fused-ring (bicyclic) bond motifs is 1. The molecule has 18 heavy (non-hydrogen) atoms. The first-order valence-corrected chi connectivity index (χ1v) is 5.63. The number of hydrogen-bond acceptors (Lipinski definition) is 3. The van der Waals surface area contributed by atoms with Gasteiger partial charge in [-0.05, 0) is 13.0 Å². The Kier molecular flexibility index (Phi) is 3.65. The zero-order valence-corrected chi connectivity index (χ0v) is 9.88. The lowest BCUT2D eigenvalue weighted by Gasteiger charge is -2.16. The minimum absolute atomic E-state index is 0.157. The van der Waals surface area contributed by atoms with Gasteiger partial charge in [-0.25, -0.2) is 0 Å². The highest BCUT2D eigenvalue weighted by atomic mass is 19.4. The van der Waals surface area contributed by atoms with Crippen LogP contribution < -0.4 is 14.8 Å². The highest BCUT2D eigenvalue weighted by molar-refractivity contribution is 5.48. The number of halogens is 3. The molecule has 1 atom stereocenters. The predicted molar refractivity (Wildman–Crippen MR) is 59.5 cm³/mol.